The zero-order valence-electron chi connectivity index (χ0n) is 7.18. The molecule has 1 aromatic rings. The Morgan fingerprint density at radius 2 is 2.15 bits per heavy atom. The summed E-state index contributed by atoms with van der Waals surface area (Å²) in [5, 5.41) is 11.8. The highest BCUT2D eigenvalue weighted by atomic mass is 16.3. The number of aliphatic hydroxyl groups is 1. The Bertz CT molecular complexity index is 253. The fraction of sp³-hybridized carbons (Fsp3) is 0.222. The first-order chi connectivity index (χ1) is 6.38. The van der Waals surface area contributed by atoms with E-state index in [0.29, 0.717) is 6.19 Å². The van der Waals surface area contributed by atoms with Gasteiger partial charge in [-0.05, 0) is 5.56 Å². The van der Waals surface area contributed by atoms with E-state index in [2.05, 4.69) is 5.23 Å². The summed E-state index contributed by atoms with van der Waals surface area (Å²) in [6, 6.07) is 9.27. The standard InChI is InChI=1S/C9H11BNO2/c12-6-9(11-10-7-13)8-4-2-1-3-5-8/h1-5,7,9,11-12H,6H2/t9-/m0/s1. The Kier molecular flexibility index (Phi) is 4.22. The van der Waals surface area contributed by atoms with Gasteiger partial charge in [-0.15, -0.1) is 0 Å². The summed E-state index contributed by atoms with van der Waals surface area (Å²) in [5.74, 6) is 0. The van der Waals surface area contributed by atoms with Gasteiger partial charge >= 0.3 is 0 Å². The molecule has 0 fully saturated rings. The van der Waals surface area contributed by atoms with Crippen LogP contribution in [0.2, 0.25) is 0 Å². The lowest BCUT2D eigenvalue weighted by molar-refractivity contribution is 0.260. The zero-order chi connectivity index (χ0) is 9.52. The minimum Gasteiger partial charge on any atom is -0.394 e. The molecule has 0 bridgehead atoms. The first-order valence-corrected chi connectivity index (χ1v) is 4.07. The number of carbonyl (C=O) groups is 1. The molecule has 0 heterocycles. The fourth-order valence-corrected chi connectivity index (χ4v) is 1.10. The summed E-state index contributed by atoms with van der Waals surface area (Å²) in [6.07, 6.45) is 0.658. The van der Waals surface area contributed by atoms with Gasteiger partial charge in [0.15, 0.2) is 0 Å². The molecule has 0 aliphatic carbocycles. The summed E-state index contributed by atoms with van der Waals surface area (Å²) in [4.78, 5) is 10.1. The van der Waals surface area contributed by atoms with Gasteiger partial charge in [0.25, 0.3) is 7.41 Å². The minimum absolute atomic E-state index is 0.0334. The van der Waals surface area contributed by atoms with Crippen LogP contribution >= 0.6 is 0 Å². The van der Waals surface area contributed by atoms with E-state index in [1.165, 1.54) is 7.41 Å². The maximum absolute atomic E-state index is 10.1. The number of aliphatic hydroxyl groups excluding tert-OH is 1. The second-order valence-electron chi connectivity index (χ2n) is 2.62. The van der Waals surface area contributed by atoms with Crippen LogP contribution in [0.3, 0.4) is 0 Å². The fourth-order valence-electron chi connectivity index (χ4n) is 1.10. The monoisotopic (exact) mass is 176 g/mol. The van der Waals surface area contributed by atoms with E-state index in [1.54, 1.807) is 0 Å². The SMILES string of the molecule is O=C[B]N[C@@H](CO)c1ccccc1. The highest BCUT2D eigenvalue weighted by molar-refractivity contribution is 6.64. The van der Waals surface area contributed by atoms with Crippen LogP contribution in [-0.2, 0) is 4.79 Å². The summed E-state index contributed by atoms with van der Waals surface area (Å²) in [6.45, 7) is -0.0334. The van der Waals surface area contributed by atoms with Gasteiger partial charge in [-0.25, -0.2) is 0 Å². The summed E-state index contributed by atoms with van der Waals surface area (Å²) >= 11 is 0. The van der Waals surface area contributed by atoms with E-state index in [9.17, 15) is 4.79 Å². The van der Waals surface area contributed by atoms with E-state index in [4.69, 9.17) is 5.11 Å². The second kappa shape index (κ2) is 5.51. The van der Waals surface area contributed by atoms with Gasteiger partial charge in [-0.1, -0.05) is 30.3 Å². The van der Waals surface area contributed by atoms with Gasteiger partial charge in [0.2, 0.25) is 0 Å². The Labute approximate surface area is 78.0 Å². The molecule has 0 saturated heterocycles. The second-order valence-corrected chi connectivity index (χ2v) is 2.62. The van der Waals surface area contributed by atoms with Crippen molar-refractivity contribution in [3.05, 3.63) is 35.9 Å². The molecule has 1 radical (unpaired) electrons. The van der Waals surface area contributed by atoms with E-state index in [-0.39, 0.29) is 12.6 Å². The first kappa shape index (κ1) is 9.96. The molecule has 1 aromatic carbocycles. The van der Waals surface area contributed by atoms with Gasteiger partial charge < -0.3 is 15.1 Å². The van der Waals surface area contributed by atoms with E-state index in [0.717, 1.165) is 5.56 Å². The number of benzene rings is 1. The minimum atomic E-state index is -0.202. The molecule has 0 unspecified atom stereocenters. The summed E-state index contributed by atoms with van der Waals surface area (Å²) < 4.78 is 0. The van der Waals surface area contributed by atoms with Gasteiger partial charge in [-0.3, -0.25) is 0 Å². The van der Waals surface area contributed by atoms with Crippen LogP contribution in [0.25, 0.3) is 0 Å². The van der Waals surface area contributed by atoms with Crippen molar-refractivity contribution in [2.75, 3.05) is 6.61 Å². The number of hydrogen-bond acceptors (Lipinski definition) is 3. The molecule has 3 nitrogen and oxygen atoms in total. The van der Waals surface area contributed by atoms with Crippen molar-refractivity contribution < 1.29 is 9.90 Å². The molecule has 4 heteroatoms. The van der Waals surface area contributed by atoms with Crippen molar-refractivity contribution in [2.45, 2.75) is 6.04 Å². The lowest BCUT2D eigenvalue weighted by Crippen LogP contribution is -2.28. The van der Waals surface area contributed by atoms with Crippen LogP contribution in [0.4, 0.5) is 0 Å². The van der Waals surface area contributed by atoms with Crippen LogP contribution in [0.1, 0.15) is 11.6 Å². The molecule has 0 saturated carbocycles. The molecule has 1 rings (SSSR count). The molecule has 0 aliphatic rings. The van der Waals surface area contributed by atoms with Crippen molar-refractivity contribution in [1.29, 1.82) is 0 Å². The average molecular weight is 176 g/mol. The van der Waals surface area contributed by atoms with Crippen molar-refractivity contribution >= 4 is 13.6 Å². The van der Waals surface area contributed by atoms with E-state index >= 15 is 0 Å². The lowest BCUT2D eigenvalue weighted by atomic mass is 9.94. The molecule has 0 spiro atoms. The van der Waals surface area contributed by atoms with Crippen molar-refractivity contribution in [3.8, 4) is 0 Å². The quantitative estimate of drug-likeness (QED) is 0.494. The van der Waals surface area contributed by atoms with E-state index < -0.39 is 0 Å². The highest BCUT2D eigenvalue weighted by Crippen LogP contribution is 2.10. The third kappa shape index (κ3) is 3.01. The molecule has 0 aromatic heterocycles. The third-order valence-corrected chi connectivity index (χ3v) is 1.75. The molecule has 2 N–H and O–H groups in total. The third-order valence-electron chi connectivity index (χ3n) is 1.75. The Morgan fingerprint density at radius 3 is 2.69 bits per heavy atom. The Morgan fingerprint density at radius 1 is 1.46 bits per heavy atom. The molecule has 0 aliphatic heterocycles. The predicted molar refractivity (Wildman–Crippen MR) is 51.9 cm³/mol. The maximum Gasteiger partial charge on any atom is 0.290 e. The lowest BCUT2D eigenvalue weighted by Gasteiger charge is -2.14. The zero-order valence-corrected chi connectivity index (χ0v) is 7.18. The van der Waals surface area contributed by atoms with Crippen molar-refractivity contribution in [3.63, 3.8) is 0 Å². The average Bonchev–Trinajstić information content (AvgIpc) is 2.21. The van der Waals surface area contributed by atoms with Gasteiger partial charge in [-0.2, -0.15) is 0 Å². The predicted octanol–water partition coefficient (Wildman–Crippen LogP) is 0.119. The van der Waals surface area contributed by atoms with Crippen molar-refractivity contribution in [2.24, 2.45) is 0 Å². The highest BCUT2D eigenvalue weighted by Gasteiger charge is 2.07. The topological polar surface area (TPSA) is 49.3 Å². The van der Waals surface area contributed by atoms with E-state index in [1.807, 2.05) is 30.3 Å². The first-order valence-electron chi connectivity index (χ1n) is 4.07. The van der Waals surface area contributed by atoms with Crippen LogP contribution in [0, 0.1) is 0 Å². The Hall–Kier alpha value is -1.13. The number of nitrogens with one attached hydrogen (secondary N) is 1. The van der Waals surface area contributed by atoms with Gasteiger partial charge in [0.1, 0.15) is 0 Å². The normalized spacial score (nSPS) is 12.1. The van der Waals surface area contributed by atoms with Crippen LogP contribution in [0.15, 0.2) is 30.3 Å². The van der Waals surface area contributed by atoms with Crippen molar-refractivity contribution in [1.82, 2.24) is 5.23 Å². The van der Waals surface area contributed by atoms with Gasteiger partial charge in [0, 0.05) is 6.04 Å². The van der Waals surface area contributed by atoms with Gasteiger partial charge in [0.05, 0.1) is 12.8 Å². The molecule has 67 valence electrons. The summed E-state index contributed by atoms with van der Waals surface area (Å²) in [5.41, 5.74) is 0.961. The molecule has 1 atom stereocenters. The summed E-state index contributed by atoms with van der Waals surface area (Å²) in [7, 11) is 1.29. The maximum atomic E-state index is 10.1. The molecular weight excluding hydrogens is 165 g/mol. The van der Waals surface area contributed by atoms with Crippen LogP contribution in [-0.4, -0.2) is 25.3 Å². The Balaban J connectivity index is 2.61. The molecular formula is C9H11BNO2. The smallest absolute Gasteiger partial charge is 0.290 e. The molecule has 13 heavy (non-hydrogen) atoms. The molecule has 0 amide bonds. The number of carbonyl (C=O) groups excluding carboxylic acids is 1. The van der Waals surface area contributed by atoms with Crippen LogP contribution < -0.4 is 5.23 Å². The number of rotatable bonds is 5. The number of hydrogen-bond donors (Lipinski definition) is 2. The van der Waals surface area contributed by atoms with Crippen LogP contribution in [0.5, 0.6) is 0 Å². The largest absolute Gasteiger partial charge is 0.394 e.